The van der Waals surface area contributed by atoms with Gasteiger partial charge in [-0.1, -0.05) is 0 Å². The number of amides is 1. The van der Waals surface area contributed by atoms with Gasteiger partial charge >= 0.3 is 6.18 Å². The summed E-state index contributed by atoms with van der Waals surface area (Å²) in [5.74, 6) is -0.0472. The van der Waals surface area contributed by atoms with Crippen molar-refractivity contribution in [1.82, 2.24) is 4.90 Å². The van der Waals surface area contributed by atoms with E-state index in [0.717, 1.165) is 31.5 Å². The Morgan fingerprint density at radius 1 is 1.23 bits per heavy atom. The second-order valence-corrected chi connectivity index (χ2v) is 7.96. The van der Waals surface area contributed by atoms with Crippen LogP contribution in [-0.2, 0) is 12.7 Å². The maximum absolute atomic E-state index is 13.1. The Labute approximate surface area is 177 Å². The lowest BCUT2D eigenvalue weighted by molar-refractivity contribution is -0.137. The molecule has 1 aromatic heterocycles. The molecule has 2 heterocycles. The van der Waals surface area contributed by atoms with Gasteiger partial charge in [0.25, 0.3) is 5.91 Å². The largest absolute Gasteiger partial charge is 0.508 e. The van der Waals surface area contributed by atoms with E-state index in [4.69, 9.17) is 4.42 Å². The molecule has 31 heavy (non-hydrogen) atoms. The monoisotopic (exact) mass is 432 g/mol. The smallest absolute Gasteiger partial charge is 0.416 e. The van der Waals surface area contributed by atoms with E-state index in [1.807, 2.05) is 0 Å². The summed E-state index contributed by atoms with van der Waals surface area (Å²) in [4.78, 5) is 15.3. The minimum atomic E-state index is -4.45. The number of aryl methyl sites for hydroxylation is 1. The first-order valence-corrected chi connectivity index (χ1v) is 10.1. The lowest BCUT2D eigenvalue weighted by Gasteiger charge is -2.22. The molecule has 1 aliphatic heterocycles. The fourth-order valence-corrected chi connectivity index (χ4v) is 4.17. The first-order valence-electron chi connectivity index (χ1n) is 10.1. The molecule has 3 aromatic rings. The summed E-state index contributed by atoms with van der Waals surface area (Å²) < 4.78 is 44.1. The Balaban J connectivity index is 1.69. The van der Waals surface area contributed by atoms with Gasteiger partial charge in [-0.25, -0.2) is 0 Å². The van der Waals surface area contributed by atoms with E-state index in [-0.39, 0.29) is 17.0 Å². The van der Waals surface area contributed by atoms with Crippen LogP contribution in [0.3, 0.4) is 0 Å². The Kier molecular flexibility index (Phi) is 5.43. The average Bonchev–Trinajstić information content (AvgIpc) is 3.26. The molecule has 164 valence electrons. The van der Waals surface area contributed by atoms with Crippen molar-refractivity contribution in [3.05, 3.63) is 58.8 Å². The van der Waals surface area contributed by atoms with E-state index in [2.05, 4.69) is 17.1 Å². The Morgan fingerprint density at radius 3 is 2.55 bits per heavy atom. The third-order valence-electron chi connectivity index (χ3n) is 5.86. The number of hydrogen-bond acceptors (Lipinski definition) is 4. The Hall–Kier alpha value is -3.00. The summed E-state index contributed by atoms with van der Waals surface area (Å²) in [5, 5.41) is 13.7. The number of aromatic hydroxyl groups is 1. The molecule has 0 radical (unpaired) electrons. The number of phenols is 1. The van der Waals surface area contributed by atoms with Crippen LogP contribution in [0.1, 0.15) is 47.0 Å². The number of rotatable bonds is 4. The number of hydrogen-bond donors (Lipinski definition) is 2. The van der Waals surface area contributed by atoms with Crippen molar-refractivity contribution >= 4 is 22.6 Å². The zero-order chi connectivity index (χ0) is 22.3. The van der Waals surface area contributed by atoms with Crippen molar-refractivity contribution in [2.24, 2.45) is 0 Å². The van der Waals surface area contributed by atoms with Gasteiger partial charge in [0, 0.05) is 29.2 Å². The normalized spacial score (nSPS) is 17.4. The first kappa shape index (κ1) is 21.2. The third kappa shape index (κ3) is 4.12. The number of anilines is 1. The number of phenolic OH excluding ortho intramolecular Hbond substituents is 1. The number of carbonyl (C=O) groups is 1. The summed E-state index contributed by atoms with van der Waals surface area (Å²) in [6.45, 7) is 5.16. The summed E-state index contributed by atoms with van der Waals surface area (Å²) in [5.41, 5.74) is 0.812. The molecule has 0 unspecified atom stereocenters. The number of benzene rings is 2. The van der Waals surface area contributed by atoms with E-state index in [9.17, 15) is 23.1 Å². The van der Waals surface area contributed by atoms with Gasteiger partial charge in [0.1, 0.15) is 17.1 Å². The standard InChI is InChI=1S/C23H23F3N2O3/c1-13-4-3-11-28(13)12-17-18(29)9-10-19-21(17)20(14(2)31-19)22(30)27-16-7-5-15(6-8-16)23(24,25)26/h5-10,13,29H,3-4,11-12H2,1-2H3,(H,27,30)/t13-/m1/s1. The molecule has 1 aliphatic rings. The van der Waals surface area contributed by atoms with Crippen molar-refractivity contribution in [3.63, 3.8) is 0 Å². The lowest BCUT2D eigenvalue weighted by atomic mass is 10.0. The van der Waals surface area contributed by atoms with Gasteiger partial charge in [0.05, 0.1) is 11.1 Å². The van der Waals surface area contributed by atoms with Crippen LogP contribution >= 0.6 is 0 Å². The molecule has 4 rings (SSSR count). The number of carbonyl (C=O) groups excluding carboxylic acids is 1. The van der Waals surface area contributed by atoms with Gasteiger partial charge in [0.15, 0.2) is 0 Å². The molecule has 2 N–H and O–H groups in total. The summed E-state index contributed by atoms with van der Waals surface area (Å²) in [6.07, 6.45) is -2.30. The maximum atomic E-state index is 13.1. The van der Waals surface area contributed by atoms with E-state index in [0.29, 0.717) is 34.9 Å². The Morgan fingerprint density at radius 2 is 1.94 bits per heavy atom. The highest BCUT2D eigenvalue weighted by molar-refractivity contribution is 6.14. The zero-order valence-electron chi connectivity index (χ0n) is 17.2. The SMILES string of the molecule is Cc1oc2ccc(O)c(CN3CCC[C@H]3C)c2c1C(=O)Nc1ccc(C(F)(F)F)cc1. The second-order valence-electron chi connectivity index (χ2n) is 7.96. The topological polar surface area (TPSA) is 65.7 Å². The van der Waals surface area contributed by atoms with Crippen LogP contribution in [0, 0.1) is 6.92 Å². The van der Waals surface area contributed by atoms with Crippen LogP contribution in [0.4, 0.5) is 18.9 Å². The fourth-order valence-electron chi connectivity index (χ4n) is 4.17. The molecular formula is C23H23F3N2O3. The minimum absolute atomic E-state index is 0.0796. The second kappa shape index (κ2) is 7.92. The molecule has 5 nitrogen and oxygen atoms in total. The molecule has 0 saturated carbocycles. The highest BCUT2D eigenvalue weighted by Gasteiger charge is 2.30. The van der Waals surface area contributed by atoms with Crippen molar-refractivity contribution in [2.45, 2.75) is 45.5 Å². The van der Waals surface area contributed by atoms with Crippen LogP contribution in [0.25, 0.3) is 11.0 Å². The number of nitrogens with zero attached hydrogens (tertiary/aromatic N) is 1. The van der Waals surface area contributed by atoms with Crippen LogP contribution in [0.2, 0.25) is 0 Å². The molecule has 1 fully saturated rings. The minimum Gasteiger partial charge on any atom is -0.508 e. The van der Waals surface area contributed by atoms with Gasteiger partial charge in [-0.05, 0) is 69.6 Å². The molecule has 0 bridgehead atoms. The lowest BCUT2D eigenvalue weighted by Crippen LogP contribution is -2.26. The van der Waals surface area contributed by atoms with Crippen LogP contribution < -0.4 is 5.32 Å². The number of furan rings is 1. The van der Waals surface area contributed by atoms with Crippen LogP contribution in [0.5, 0.6) is 5.75 Å². The van der Waals surface area contributed by atoms with E-state index < -0.39 is 17.6 Å². The molecule has 8 heteroatoms. The Bertz CT molecular complexity index is 1120. The van der Waals surface area contributed by atoms with E-state index in [1.165, 1.54) is 12.1 Å². The number of fused-ring (bicyclic) bond motifs is 1. The van der Waals surface area contributed by atoms with Gasteiger partial charge in [-0.15, -0.1) is 0 Å². The first-order chi connectivity index (χ1) is 14.6. The number of nitrogens with one attached hydrogen (secondary N) is 1. The van der Waals surface area contributed by atoms with Gasteiger partial charge in [-0.2, -0.15) is 13.2 Å². The van der Waals surface area contributed by atoms with E-state index in [1.54, 1.807) is 19.1 Å². The molecule has 2 aromatic carbocycles. The number of halogens is 3. The van der Waals surface area contributed by atoms with Crippen molar-refractivity contribution in [2.75, 3.05) is 11.9 Å². The number of likely N-dealkylation sites (tertiary alicyclic amines) is 1. The number of alkyl halides is 3. The molecule has 1 atom stereocenters. The van der Waals surface area contributed by atoms with Gasteiger partial charge in [-0.3, -0.25) is 9.69 Å². The molecule has 1 amide bonds. The molecular weight excluding hydrogens is 409 g/mol. The summed E-state index contributed by atoms with van der Waals surface area (Å²) in [6, 6.07) is 7.80. The predicted octanol–water partition coefficient (Wildman–Crippen LogP) is 5.70. The molecule has 0 spiro atoms. The zero-order valence-corrected chi connectivity index (χ0v) is 17.2. The summed E-state index contributed by atoms with van der Waals surface area (Å²) in [7, 11) is 0. The van der Waals surface area contributed by atoms with Crippen LogP contribution in [-0.4, -0.2) is 28.5 Å². The van der Waals surface area contributed by atoms with E-state index >= 15 is 0 Å². The van der Waals surface area contributed by atoms with Crippen molar-refractivity contribution in [3.8, 4) is 5.75 Å². The van der Waals surface area contributed by atoms with Crippen molar-refractivity contribution < 1.29 is 27.5 Å². The van der Waals surface area contributed by atoms with Gasteiger partial charge < -0.3 is 14.8 Å². The average molecular weight is 432 g/mol. The highest BCUT2D eigenvalue weighted by Crippen LogP contribution is 2.36. The highest BCUT2D eigenvalue weighted by atomic mass is 19.4. The molecule has 0 aliphatic carbocycles. The van der Waals surface area contributed by atoms with Crippen LogP contribution in [0.15, 0.2) is 40.8 Å². The summed E-state index contributed by atoms with van der Waals surface area (Å²) >= 11 is 0. The third-order valence-corrected chi connectivity index (χ3v) is 5.86. The maximum Gasteiger partial charge on any atom is 0.416 e. The predicted molar refractivity (Wildman–Crippen MR) is 111 cm³/mol. The molecule has 1 saturated heterocycles. The van der Waals surface area contributed by atoms with Gasteiger partial charge in [0.2, 0.25) is 0 Å². The fraction of sp³-hybridized carbons (Fsp3) is 0.348. The quantitative estimate of drug-likeness (QED) is 0.555. The van der Waals surface area contributed by atoms with Crippen molar-refractivity contribution in [1.29, 1.82) is 0 Å².